The lowest BCUT2D eigenvalue weighted by Crippen LogP contribution is -2.14. The predicted octanol–water partition coefficient (Wildman–Crippen LogP) is 5.13. The molecule has 0 saturated heterocycles. The molecule has 27 heavy (non-hydrogen) atoms. The van der Waals surface area contributed by atoms with Gasteiger partial charge in [0.05, 0.1) is 33.4 Å². The highest BCUT2D eigenvalue weighted by atomic mass is 32.1. The first-order valence-electron chi connectivity index (χ1n) is 8.52. The van der Waals surface area contributed by atoms with Crippen molar-refractivity contribution in [2.75, 3.05) is 5.32 Å². The number of hydrogen-bond acceptors (Lipinski definition) is 4. The van der Waals surface area contributed by atoms with Gasteiger partial charge in [0.2, 0.25) is 0 Å². The van der Waals surface area contributed by atoms with E-state index in [1.54, 1.807) is 40.4 Å². The second kappa shape index (κ2) is 6.92. The van der Waals surface area contributed by atoms with Crippen molar-refractivity contribution < 1.29 is 9.18 Å². The Labute approximate surface area is 159 Å². The fraction of sp³-hybridized carbons (Fsp3) is 0.150. The summed E-state index contributed by atoms with van der Waals surface area (Å²) in [6.45, 7) is 4.01. The van der Waals surface area contributed by atoms with E-state index in [4.69, 9.17) is 4.98 Å². The van der Waals surface area contributed by atoms with Gasteiger partial charge in [0.25, 0.3) is 5.91 Å². The summed E-state index contributed by atoms with van der Waals surface area (Å²) >= 11 is 1.54. The van der Waals surface area contributed by atoms with Gasteiger partial charge in [-0.1, -0.05) is 18.2 Å². The van der Waals surface area contributed by atoms with Crippen molar-refractivity contribution in [3.05, 3.63) is 65.4 Å². The maximum absolute atomic E-state index is 14.0. The van der Waals surface area contributed by atoms with Crippen molar-refractivity contribution in [1.82, 2.24) is 14.8 Å². The average molecular weight is 380 g/mol. The summed E-state index contributed by atoms with van der Waals surface area (Å²) in [6, 6.07) is 11.8. The monoisotopic (exact) mass is 380 g/mol. The third-order valence-electron chi connectivity index (χ3n) is 4.20. The molecule has 4 aromatic rings. The molecular weight excluding hydrogens is 363 g/mol. The number of para-hydroxylation sites is 1. The van der Waals surface area contributed by atoms with Crippen LogP contribution in [0.2, 0.25) is 0 Å². The van der Waals surface area contributed by atoms with Crippen molar-refractivity contribution in [3.63, 3.8) is 0 Å². The molecule has 5 nitrogen and oxygen atoms in total. The molecule has 7 heteroatoms. The van der Waals surface area contributed by atoms with Gasteiger partial charge in [-0.15, -0.1) is 11.3 Å². The third kappa shape index (κ3) is 3.21. The van der Waals surface area contributed by atoms with E-state index in [9.17, 15) is 9.18 Å². The Bertz CT molecular complexity index is 1120. The summed E-state index contributed by atoms with van der Waals surface area (Å²) in [5.41, 5.74) is 1.88. The van der Waals surface area contributed by atoms with Gasteiger partial charge in [-0.2, -0.15) is 5.10 Å². The number of fused-ring (bicyclic) bond motifs is 1. The van der Waals surface area contributed by atoms with E-state index in [1.807, 2.05) is 31.4 Å². The molecular formula is C20H17FN4OS. The molecule has 0 aliphatic carbocycles. The van der Waals surface area contributed by atoms with Gasteiger partial charge in [0.15, 0.2) is 5.65 Å². The summed E-state index contributed by atoms with van der Waals surface area (Å²) in [5.74, 6) is -0.874. The Morgan fingerprint density at radius 1 is 1.22 bits per heavy atom. The molecule has 4 rings (SSSR count). The van der Waals surface area contributed by atoms with Crippen LogP contribution in [0.1, 0.15) is 30.2 Å². The number of carbonyl (C=O) groups is 1. The molecule has 0 bridgehead atoms. The average Bonchev–Trinajstić information content (AvgIpc) is 3.32. The number of pyridine rings is 1. The number of aromatic nitrogens is 3. The maximum Gasteiger partial charge on any atom is 0.256 e. The first-order chi connectivity index (χ1) is 13.0. The van der Waals surface area contributed by atoms with Crippen LogP contribution in [0.25, 0.3) is 21.6 Å². The molecule has 136 valence electrons. The summed E-state index contributed by atoms with van der Waals surface area (Å²) in [7, 11) is 0. The molecule has 0 spiro atoms. The lowest BCUT2D eigenvalue weighted by atomic mass is 10.1. The number of benzene rings is 1. The van der Waals surface area contributed by atoms with Crippen LogP contribution in [-0.2, 0) is 0 Å². The topological polar surface area (TPSA) is 59.8 Å². The van der Waals surface area contributed by atoms with Crippen molar-refractivity contribution >= 4 is 34.0 Å². The maximum atomic E-state index is 14.0. The number of nitrogens with one attached hydrogen (secondary N) is 1. The Balaban J connectivity index is 1.86. The number of rotatable bonds is 4. The van der Waals surface area contributed by atoms with Crippen LogP contribution < -0.4 is 5.32 Å². The van der Waals surface area contributed by atoms with Crippen LogP contribution in [0.3, 0.4) is 0 Å². The molecule has 0 unspecified atom stereocenters. The van der Waals surface area contributed by atoms with Crippen LogP contribution in [-0.4, -0.2) is 20.7 Å². The van der Waals surface area contributed by atoms with Crippen LogP contribution in [0.15, 0.2) is 54.0 Å². The normalized spacial score (nSPS) is 11.3. The second-order valence-corrected chi connectivity index (χ2v) is 7.33. The Hall–Kier alpha value is -3.06. The van der Waals surface area contributed by atoms with Gasteiger partial charge in [0, 0.05) is 6.04 Å². The first kappa shape index (κ1) is 17.4. The summed E-state index contributed by atoms with van der Waals surface area (Å²) in [6.07, 6.45) is 1.64. The summed E-state index contributed by atoms with van der Waals surface area (Å²) in [4.78, 5) is 18.6. The molecule has 3 aromatic heterocycles. The van der Waals surface area contributed by atoms with E-state index in [0.29, 0.717) is 22.3 Å². The van der Waals surface area contributed by atoms with Crippen molar-refractivity contribution in [1.29, 1.82) is 0 Å². The van der Waals surface area contributed by atoms with E-state index in [-0.39, 0.29) is 11.7 Å². The van der Waals surface area contributed by atoms with Gasteiger partial charge in [0.1, 0.15) is 5.82 Å². The van der Waals surface area contributed by atoms with Gasteiger partial charge >= 0.3 is 0 Å². The summed E-state index contributed by atoms with van der Waals surface area (Å²) in [5, 5.41) is 9.64. The van der Waals surface area contributed by atoms with Gasteiger partial charge in [-0.3, -0.25) is 4.79 Å². The number of halogens is 1. The summed E-state index contributed by atoms with van der Waals surface area (Å²) < 4.78 is 15.7. The van der Waals surface area contributed by atoms with Crippen LogP contribution in [0, 0.1) is 5.82 Å². The SMILES string of the molecule is CC(C)n1ncc2c(C(=O)Nc3ccccc3F)cc(-c3cccs3)nc21. The molecule has 1 aromatic carbocycles. The lowest BCUT2D eigenvalue weighted by molar-refractivity contribution is 0.102. The molecule has 0 atom stereocenters. The lowest BCUT2D eigenvalue weighted by Gasteiger charge is -2.11. The molecule has 1 amide bonds. The Morgan fingerprint density at radius 3 is 2.74 bits per heavy atom. The van der Waals surface area contributed by atoms with E-state index in [0.717, 1.165) is 4.88 Å². The van der Waals surface area contributed by atoms with E-state index >= 15 is 0 Å². The number of nitrogens with zero attached hydrogens (tertiary/aromatic N) is 3. The quantitative estimate of drug-likeness (QED) is 0.534. The van der Waals surface area contributed by atoms with Crippen LogP contribution in [0.5, 0.6) is 0 Å². The van der Waals surface area contributed by atoms with Gasteiger partial charge < -0.3 is 5.32 Å². The minimum Gasteiger partial charge on any atom is -0.319 e. The zero-order chi connectivity index (χ0) is 19.0. The number of hydrogen-bond donors (Lipinski definition) is 1. The number of amides is 1. The highest BCUT2D eigenvalue weighted by Crippen LogP contribution is 2.29. The predicted molar refractivity (Wildman–Crippen MR) is 106 cm³/mol. The standard InChI is InChI=1S/C20H17FN4OS/c1-12(2)25-19-14(11-22-25)13(10-17(23-19)18-8-5-9-27-18)20(26)24-16-7-4-3-6-15(16)21/h3-12H,1-2H3,(H,24,26). The first-order valence-corrected chi connectivity index (χ1v) is 9.40. The van der Waals surface area contributed by atoms with Crippen molar-refractivity contribution in [2.45, 2.75) is 19.9 Å². The van der Waals surface area contributed by atoms with E-state index in [2.05, 4.69) is 10.4 Å². The Kier molecular flexibility index (Phi) is 4.45. The number of anilines is 1. The van der Waals surface area contributed by atoms with Gasteiger partial charge in [-0.25, -0.2) is 14.1 Å². The number of carbonyl (C=O) groups excluding carboxylic acids is 1. The second-order valence-electron chi connectivity index (χ2n) is 6.39. The highest BCUT2D eigenvalue weighted by Gasteiger charge is 2.19. The minimum absolute atomic E-state index is 0.0936. The highest BCUT2D eigenvalue weighted by molar-refractivity contribution is 7.13. The molecule has 1 N–H and O–H groups in total. The van der Waals surface area contributed by atoms with Gasteiger partial charge in [-0.05, 0) is 43.5 Å². The smallest absolute Gasteiger partial charge is 0.256 e. The Morgan fingerprint density at radius 2 is 2.04 bits per heavy atom. The third-order valence-corrected chi connectivity index (χ3v) is 5.09. The van der Waals surface area contributed by atoms with E-state index in [1.165, 1.54) is 12.1 Å². The van der Waals surface area contributed by atoms with Crippen molar-refractivity contribution in [3.8, 4) is 10.6 Å². The van der Waals surface area contributed by atoms with Crippen LogP contribution >= 0.6 is 11.3 Å². The molecule has 0 fully saturated rings. The largest absolute Gasteiger partial charge is 0.319 e. The zero-order valence-electron chi connectivity index (χ0n) is 14.8. The fourth-order valence-electron chi connectivity index (χ4n) is 2.89. The molecule has 3 heterocycles. The molecule has 0 aliphatic heterocycles. The van der Waals surface area contributed by atoms with Crippen LogP contribution in [0.4, 0.5) is 10.1 Å². The molecule has 0 aliphatic rings. The minimum atomic E-state index is -0.479. The molecule has 0 saturated carbocycles. The van der Waals surface area contributed by atoms with Crippen molar-refractivity contribution in [2.24, 2.45) is 0 Å². The zero-order valence-corrected chi connectivity index (χ0v) is 15.6. The molecule has 0 radical (unpaired) electrons. The number of thiophene rings is 1. The fourth-order valence-corrected chi connectivity index (χ4v) is 3.57. The van der Waals surface area contributed by atoms with E-state index < -0.39 is 11.7 Å².